The lowest BCUT2D eigenvalue weighted by Crippen LogP contribution is -2.37. The molecule has 26 heavy (non-hydrogen) atoms. The van der Waals surface area contributed by atoms with E-state index in [0.29, 0.717) is 17.3 Å². The quantitative estimate of drug-likeness (QED) is 0.848. The third-order valence-electron chi connectivity index (χ3n) is 4.24. The van der Waals surface area contributed by atoms with Crippen molar-refractivity contribution in [2.75, 3.05) is 25.0 Å². The molecule has 1 aliphatic heterocycles. The molecule has 0 saturated carbocycles. The van der Waals surface area contributed by atoms with Crippen molar-refractivity contribution >= 4 is 33.4 Å². The van der Waals surface area contributed by atoms with Crippen LogP contribution < -0.4 is 5.32 Å². The number of rotatable bonds is 5. The normalized spacial score (nSPS) is 17.3. The van der Waals surface area contributed by atoms with Gasteiger partial charge in [0.1, 0.15) is 0 Å². The first-order valence-corrected chi connectivity index (χ1v) is 9.99. The van der Waals surface area contributed by atoms with Crippen LogP contribution in [0.25, 0.3) is 0 Å². The maximum absolute atomic E-state index is 12.7. The first kappa shape index (κ1) is 18.8. The van der Waals surface area contributed by atoms with Crippen molar-refractivity contribution in [1.82, 2.24) is 8.61 Å². The molecule has 0 unspecified atom stereocenters. The maximum Gasteiger partial charge on any atom is 0.282 e. The van der Waals surface area contributed by atoms with Gasteiger partial charge in [0, 0.05) is 30.3 Å². The molecule has 0 atom stereocenters. The van der Waals surface area contributed by atoms with Crippen molar-refractivity contribution in [2.24, 2.45) is 0 Å². The van der Waals surface area contributed by atoms with Crippen LogP contribution in [0.2, 0.25) is 5.02 Å². The topological polar surface area (TPSA) is 69.7 Å². The lowest BCUT2D eigenvalue weighted by Gasteiger charge is -2.18. The molecule has 8 heteroatoms. The van der Waals surface area contributed by atoms with Gasteiger partial charge in [0.05, 0.1) is 6.54 Å². The fourth-order valence-electron chi connectivity index (χ4n) is 2.84. The molecule has 0 radical (unpaired) electrons. The van der Waals surface area contributed by atoms with E-state index in [4.69, 9.17) is 11.6 Å². The van der Waals surface area contributed by atoms with Gasteiger partial charge >= 0.3 is 0 Å². The molecular formula is C18H20ClN3O3S. The number of nitrogens with one attached hydrogen (secondary N) is 1. The Bertz CT molecular complexity index is 917. The van der Waals surface area contributed by atoms with Gasteiger partial charge in [-0.25, -0.2) is 0 Å². The number of hydrogen-bond donors (Lipinski definition) is 1. The molecule has 1 saturated heterocycles. The van der Waals surface area contributed by atoms with E-state index in [2.05, 4.69) is 5.32 Å². The van der Waals surface area contributed by atoms with Gasteiger partial charge in [-0.1, -0.05) is 41.9 Å². The second-order valence-corrected chi connectivity index (χ2v) is 8.53. The molecule has 0 bridgehead atoms. The minimum Gasteiger partial charge on any atom is -0.325 e. The second-order valence-electron chi connectivity index (χ2n) is 6.17. The summed E-state index contributed by atoms with van der Waals surface area (Å²) in [7, 11) is -3.67. The van der Waals surface area contributed by atoms with Crippen LogP contribution in [-0.4, -0.2) is 42.6 Å². The summed E-state index contributed by atoms with van der Waals surface area (Å²) in [6, 6.07) is 14.5. The van der Waals surface area contributed by atoms with Crippen molar-refractivity contribution < 1.29 is 13.2 Å². The first-order valence-electron chi connectivity index (χ1n) is 8.21. The van der Waals surface area contributed by atoms with Gasteiger partial charge in [0.15, 0.2) is 0 Å². The highest BCUT2D eigenvalue weighted by Gasteiger charge is 2.37. The lowest BCUT2D eigenvalue weighted by atomic mass is 10.2. The Morgan fingerprint density at radius 1 is 1.12 bits per heavy atom. The summed E-state index contributed by atoms with van der Waals surface area (Å²) in [5.41, 5.74) is 2.42. The number of amides is 1. The van der Waals surface area contributed by atoms with Crippen LogP contribution in [0.3, 0.4) is 0 Å². The number of nitrogens with zero attached hydrogens (tertiary/aromatic N) is 2. The van der Waals surface area contributed by atoms with E-state index in [1.807, 2.05) is 31.2 Å². The summed E-state index contributed by atoms with van der Waals surface area (Å²) < 4.78 is 27.9. The third-order valence-corrected chi connectivity index (χ3v) is 6.40. The fourth-order valence-corrected chi connectivity index (χ4v) is 4.60. The third kappa shape index (κ3) is 4.24. The molecule has 1 amide bonds. The Morgan fingerprint density at radius 3 is 2.58 bits per heavy atom. The van der Waals surface area contributed by atoms with Crippen molar-refractivity contribution in [3.8, 4) is 0 Å². The number of hydrogen-bond acceptors (Lipinski definition) is 3. The minimum absolute atomic E-state index is 0.206. The van der Waals surface area contributed by atoms with Crippen LogP contribution in [-0.2, 0) is 21.5 Å². The van der Waals surface area contributed by atoms with E-state index in [1.54, 1.807) is 24.3 Å². The standard InChI is InChI=1S/C18H20ClN3O3S/c1-14-5-2-3-8-17(14)20-18(23)13-22-10-9-21(26(22,24)25)12-15-6-4-7-16(19)11-15/h2-8,11H,9-10,12-13H2,1H3,(H,20,23). The molecule has 0 aliphatic carbocycles. The first-order chi connectivity index (χ1) is 12.4. The van der Waals surface area contributed by atoms with Crippen molar-refractivity contribution in [3.63, 3.8) is 0 Å². The summed E-state index contributed by atoms with van der Waals surface area (Å²) in [6.45, 7) is 2.53. The highest BCUT2D eigenvalue weighted by atomic mass is 35.5. The zero-order chi connectivity index (χ0) is 18.7. The van der Waals surface area contributed by atoms with E-state index in [-0.39, 0.29) is 25.5 Å². The SMILES string of the molecule is Cc1ccccc1NC(=O)CN1CCN(Cc2cccc(Cl)c2)S1(=O)=O. The Labute approximate surface area is 158 Å². The zero-order valence-electron chi connectivity index (χ0n) is 14.4. The Balaban J connectivity index is 1.65. The molecule has 1 heterocycles. The Hall–Kier alpha value is -1.93. The number of aryl methyl sites for hydroxylation is 1. The molecule has 0 aromatic heterocycles. The Morgan fingerprint density at radius 2 is 1.85 bits per heavy atom. The van der Waals surface area contributed by atoms with Gasteiger partial charge in [0.2, 0.25) is 5.91 Å². The summed E-state index contributed by atoms with van der Waals surface area (Å²) in [6.07, 6.45) is 0. The largest absolute Gasteiger partial charge is 0.325 e. The number of halogens is 1. The van der Waals surface area contributed by atoms with Crippen molar-refractivity contribution in [3.05, 3.63) is 64.7 Å². The van der Waals surface area contributed by atoms with E-state index in [1.165, 1.54) is 8.61 Å². The lowest BCUT2D eigenvalue weighted by molar-refractivity contribution is -0.116. The zero-order valence-corrected chi connectivity index (χ0v) is 15.9. The molecule has 1 N–H and O–H groups in total. The van der Waals surface area contributed by atoms with Crippen molar-refractivity contribution in [2.45, 2.75) is 13.5 Å². The molecule has 2 aromatic carbocycles. The fraction of sp³-hybridized carbons (Fsp3) is 0.278. The summed E-state index contributed by atoms with van der Waals surface area (Å²) in [5, 5.41) is 3.33. The summed E-state index contributed by atoms with van der Waals surface area (Å²) >= 11 is 5.96. The molecule has 1 aliphatic rings. The number of para-hydroxylation sites is 1. The Kier molecular flexibility index (Phi) is 5.62. The van der Waals surface area contributed by atoms with Crippen molar-refractivity contribution in [1.29, 1.82) is 0 Å². The van der Waals surface area contributed by atoms with Crippen LogP contribution in [0.4, 0.5) is 5.69 Å². The molecule has 138 valence electrons. The summed E-state index contributed by atoms with van der Waals surface area (Å²) in [5.74, 6) is -0.354. The molecule has 1 fully saturated rings. The van der Waals surface area contributed by atoms with Gasteiger partial charge in [0.25, 0.3) is 10.2 Å². The number of carbonyl (C=O) groups excluding carboxylic acids is 1. The average Bonchev–Trinajstić information content (AvgIpc) is 2.84. The molecular weight excluding hydrogens is 374 g/mol. The molecule has 0 spiro atoms. The highest BCUT2D eigenvalue weighted by molar-refractivity contribution is 7.87. The minimum atomic E-state index is -3.67. The summed E-state index contributed by atoms with van der Waals surface area (Å²) in [4.78, 5) is 12.3. The van der Waals surface area contributed by atoms with E-state index in [0.717, 1.165) is 11.1 Å². The van der Waals surface area contributed by atoms with E-state index >= 15 is 0 Å². The van der Waals surface area contributed by atoms with E-state index < -0.39 is 10.2 Å². The van der Waals surface area contributed by atoms with Gasteiger partial charge in [-0.05, 0) is 36.2 Å². The van der Waals surface area contributed by atoms with Gasteiger partial charge in [-0.2, -0.15) is 17.0 Å². The van der Waals surface area contributed by atoms with Gasteiger partial charge in [-0.3, -0.25) is 4.79 Å². The highest BCUT2D eigenvalue weighted by Crippen LogP contribution is 2.21. The molecule has 6 nitrogen and oxygen atoms in total. The molecule has 2 aromatic rings. The number of benzene rings is 2. The predicted molar refractivity (Wildman–Crippen MR) is 102 cm³/mol. The van der Waals surface area contributed by atoms with Crippen LogP contribution >= 0.6 is 11.6 Å². The van der Waals surface area contributed by atoms with Crippen LogP contribution in [0.1, 0.15) is 11.1 Å². The second kappa shape index (κ2) is 7.75. The smallest absolute Gasteiger partial charge is 0.282 e. The van der Waals surface area contributed by atoms with Crippen LogP contribution in [0.15, 0.2) is 48.5 Å². The van der Waals surface area contributed by atoms with E-state index in [9.17, 15) is 13.2 Å². The van der Waals surface area contributed by atoms with Gasteiger partial charge < -0.3 is 5.32 Å². The van der Waals surface area contributed by atoms with Gasteiger partial charge in [-0.15, -0.1) is 0 Å². The molecule has 3 rings (SSSR count). The number of anilines is 1. The van der Waals surface area contributed by atoms with Crippen LogP contribution in [0, 0.1) is 6.92 Å². The average molecular weight is 394 g/mol. The number of carbonyl (C=O) groups is 1. The van der Waals surface area contributed by atoms with Crippen LogP contribution in [0.5, 0.6) is 0 Å². The predicted octanol–water partition coefficient (Wildman–Crippen LogP) is 2.65. The maximum atomic E-state index is 12.7. The monoisotopic (exact) mass is 393 g/mol.